The second-order valence-electron chi connectivity index (χ2n) is 6.62. The maximum Gasteiger partial charge on any atom is 0.330 e. The van der Waals surface area contributed by atoms with Crippen LogP contribution in [0.4, 0.5) is 0 Å². The molecule has 0 bridgehead atoms. The highest BCUT2D eigenvalue weighted by molar-refractivity contribution is 6.06. The highest BCUT2D eigenvalue weighted by Gasteiger charge is 2.45. The number of carboxylic acid groups (broad SMARTS) is 1. The molecule has 2 aromatic heterocycles. The van der Waals surface area contributed by atoms with Gasteiger partial charge in [0, 0.05) is 30.9 Å². The number of benzene rings is 1. The van der Waals surface area contributed by atoms with Crippen molar-refractivity contribution in [2.24, 2.45) is 0 Å². The zero-order valence-electron chi connectivity index (χ0n) is 14.4. The Balaban J connectivity index is 1.59. The van der Waals surface area contributed by atoms with E-state index in [0.717, 1.165) is 5.39 Å². The number of aromatic nitrogens is 2. The molecule has 1 N–H and O–H groups in total. The van der Waals surface area contributed by atoms with Crippen LogP contribution in [-0.2, 0) is 10.3 Å². The number of para-hydroxylation sites is 1. The van der Waals surface area contributed by atoms with E-state index in [0.29, 0.717) is 42.9 Å². The number of fused-ring (bicyclic) bond motifs is 1. The third-order valence-electron chi connectivity index (χ3n) is 5.27. The fourth-order valence-corrected chi connectivity index (χ4v) is 3.78. The number of hydrogen-bond acceptors (Lipinski definition) is 4. The number of carboxylic acids is 1. The Morgan fingerprint density at radius 1 is 1.23 bits per heavy atom. The zero-order valence-corrected chi connectivity index (χ0v) is 14.4. The summed E-state index contributed by atoms with van der Waals surface area (Å²) in [5, 5.41) is 10.6. The normalized spacial score (nSPS) is 16.7. The third kappa shape index (κ3) is 2.39. The molecule has 1 aliphatic heterocycles. The fraction of sp³-hybridized carbons (Fsp3) is 0.316. The van der Waals surface area contributed by atoms with E-state index in [1.54, 1.807) is 28.8 Å². The Morgan fingerprint density at radius 3 is 2.62 bits per heavy atom. The van der Waals surface area contributed by atoms with E-state index < -0.39 is 11.5 Å². The van der Waals surface area contributed by atoms with Gasteiger partial charge in [0.2, 0.25) is 0 Å². The molecule has 1 aromatic carbocycles. The van der Waals surface area contributed by atoms with Crippen LogP contribution < -0.4 is 0 Å². The van der Waals surface area contributed by atoms with Gasteiger partial charge in [0.25, 0.3) is 5.91 Å². The van der Waals surface area contributed by atoms with Gasteiger partial charge in [-0.25, -0.2) is 9.78 Å². The van der Waals surface area contributed by atoms with Gasteiger partial charge in [-0.15, -0.1) is 0 Å². The number of likely N-dealkylation sites (tertiary alicyclic amines) is 1. The van der Waals surface area contributed by atoms with Crippen LogP contribution in [0.1, 0.15) is 29.0 Å². The lowest BCUT2D eigenvalue weighted by Gasteiger charge is -2.40. The van der Waals surface area contributed by atoms with Gasteiger partial charge in [-0.2, -0.15) is 0 Å². The Bertz CT molecular complexity index is 980. The van der Waals surface area contributed by atoms with Crippen molar-refractivity contribution in [2.75, 3.05) is 13.1 Å². The number of aliphatic carboxylic acids is 1. The number of imidazole rings is 1. The van der Waals surface area contributed by atoms with E-state index in [-0.39, 0.29) is 5.91 Å². The Labute approximate surface area is 149 Å². The number of rotatable bonds is 3. The maximum atomic E-state index is 12.9. The first-order chi connectivity index (χ1) is 12.5. The Kier molecular flexibility index (Phi) is 3.79. The van der Waals surface area contributed by atoms with E-state index in [4.69, 9.17) is 4.42 Å². The van der Waals surface area contributed by atoms with E-state index in [1.807, 2.05) is 24.3 Å². The van der Waals surface area contributed by atoms with Gasteiger partial charge >= 0.3 is 5.97 Å². The van der Waals surface area contributed by atoms with Crippen LogP contribution in [0.15, 0.2) is 47.3 Å². The van der Waals surface area contributed by atoms with Gasteiger partial charge < -0.3 is 19.0 Å². The molecule has 0 aliphatic carbocycles. The van der Waals surface area contributed by atoms with Crippen LogP contribution in [0.5, 0.6) is 0 Å². The molecule has 1 fully saturated rings. The van der Waals surface area contributed by atoms with Gasteiger partial charge in [-0.1, -0.05) is 18.2 Å². The minimum Gasteiger partial charge on any atom is -0.479 e. The quantitative estimate of drug-likeness (QED) is 0.782. The number of hydrogen-bond donors (Lipinski definition) is 1. The number of aryl methyl sites for hydroxylation is 1. The first-order valence-corrected chi connectivity index (χ1v) is 8.52. The second-order valence-corrected chi connectivity index (χ2v) is 6.62. The van der Waals surface area contributed by atoms with Crippen molar-refractivity contribution in [2.45, 2.75) is 25.3 Å². The predicted octanol–water partition coefficient (Wildman–Crippen LogP) is 2.65. The molecule has 0 saturated carbocycles. The first kappa shape index (κ1) is 16.4. The smallest absolute Gasteiger partial charge is 0.330 e. The average molecular weight is 353 g/mol. The number of piperidine rings is 1. The van der Waals surface area contributed by atoms with Crippen LogP contribution in [0.3, 0.4) is 0 Å². The molecule has 0 unspecified atom stereocenters. The lowest BCUT2D eigenvalue weighted by molar-refractivity contribution is -0.150. The van der Waals surface area contributed by atoms with Crippen LogP contribution in [0, 0.1) is 6.92 Å². The summed E-state index contributed by atoms with van der Waals surface area (Å²) < 4.78 is 7.17. The molecular formula is C19H19N3O4. The van der Waals surface area contributed by atoms with Crippen molar-refractivity contribution >= 4 is 22.8 Å². The van der Waals surface area contributed by atoms with Crippen LogP contribution in [-0.4, -0.2) is 44.5 Å². The fourth-order valence-electron chi connectivity index (χ4n) is 3.78. The van der Waals surface area contributed by atoms with Gasteiger partial charge in [-0.3, -0.25) is 4.79 Å². The largest absolute Gasteiger partial charge is 0.479 e. The summed E-state index contributed by atoms with van der Waals surface area (Å²) in [5.74, 6) is -0.358. The lowest BCUT2D eigenvalue weighted by atomic mass is 9.86. The summed E-state index contributed by atoms with van der Waals surface area (Å²) in [6, 6.07) is 7.39. The van der Waals surface area contributed by atoms with Gasteiger partial charge in [0.1, 0.15) is 23.2 Å². The van der Waals surface area contributed by atoms with Crippen molar-refractivity contribution in [3.63, 3.8) is 0 Å². The highest BCUT2D eigenvalue weighted by Crippen LogP contribution is 2.33. The van der Waals surface area contributed by atoms with E-state index >= 15 is 0 Å². The molecule has 0 radical (unpaired) electrons. The van der Waals surface area contributed by atoms with Crippen molar-refractivity contribution in [3.05, 3.63) is 54.3 Å². The van der Waals surface area contributed by atoms with Gasteiger partial charge in [-0.05, 0) is 25.8 Å². The minimum atomic E-state index is -1.06. The minimum absolute atomic E-state index is 0.128. The van der Waals surface area contributed by atoms with Crippen LogP contribution >= 0.6 is 0 Å². The summed E-state index contributed by atoms with van der Waals surface area (Å²) >= 11 is 0. The average Bonchev–Trinajstić information content (AvgIpc) is 3.27. The first-order valence-electron chi connectivity index (χ1n) is 8.52. The van der Waals surface area contributed by atoms with Crippen LogP contribution in [0.25, 0.3) is 11.0 Å². The second kappa shape index (κ2) is 6.01. The maximum absolute atomic E-state index is 12.9. The Morgan fingerprint density at radius 2 is 1.96 bits per heavy atom. The molecule has 134 valence electrons. The van der Waals surface area contributed by atoms with Crippen molar-refractivity contribution in [3.8, 4) is 0 Å². The SMILES string of the molecule is Cc1nccn1C1(C(=O)O)CCN(C(=O)c2coc3ccccc23)CC1. The molecule has 26 heavy (non-hydrogen) atoms. The van der Waals surface area contributed by atoms with E-state index in [2.05, 4.69) is 4.98 Å². The molecule has 3 heterocycles. The van der Waals surface area contributed by atoms with Gasteiger partial charge in [0.15, 0.2) is 0 Å². The zero-order chi connectivity index (χ0) is 18.3. The summed E-state index contributed by atoms with van der Waals surface area (Å²) in [6.45, 7) is 2.52. The molecule has 0 atom stereocenters. The number of furan rings is 1. The number of carbonyl (C=O) groups excluding carboxylic acids is 1. The van der Waals surface area contributed by atoms with Crippen LogP contribution in [0.2, 0.25) is 0 Å². The standard InChI is InChI=1S/C19H19N3O4/c1-13-20-8-11-22(13)19(18(24)25)6-9-21(10-7-19)17(23)15-12-26-16-5-3-2-4-14(15)16/h2-5,8,11-12H,6-7,9-10H2,1H3,(H,24,25). The highest BCUT2D eigenvalue weighted by atomic mass is 16.4. The predicted molar refractivity (Wildman–Crippen MR) is 93.9 cm³/mol. The monoisotopic (exact) mass is 353 g/mol. The molecule has 7 nitrogen and oxygen atoms in total. The van der Waals surface area contributed by atoms with Gasteiger partial charge in [0.05, 0.1) is 5.56 Å². The number of carbonyl (C=O) groups is 2. The van der Waals surface area contributed by atoms with Crippen molar-refractivity contribution in [1.82, 2.24) is 14.5 Å². The number of nitrogens with zero attached hydrogens (tertiary/aromatic N) is 3. The molecule has 3 aromatic rings. The number of amides is 1. The van der Waals surface area contributed by atoms with Crippen molar-refractivity contribution in [1.29, 1.82) is 0 Å². The molecule has 0 spiro atoms. The van der Waals surface area contributed by atoms with Crippen molar-refractivity contribution < 1.29 is 19.1 Å². The Hall–Kier alpha value is -3.09. The molecule has 7 heteroatoms. The third-order valence-corrected chi connectivity index (χ3v) is 5.27. The molecular weight excluding hydrogens is 334 g/mol. The summed E-state index contributed by atoms with van der Waals surface area (Å²) in [6.07, 6.45) is 5.45. The van der Waals surface area contributed by atoms with E-state index in [9.17, 15) is 14.7 Å². The molecule has 1 amide bonds. The molecule has 1 saturated heterocycles. The summed E-state index contributed by atoms with van der Waals surface area (Å²) in [7, 11) is 0. The topological polar surface area (TPSA) is 88.6 Å². The summed E-state index contributed by atoms with van der Waals surface area (Å²) in [5.41, 5.74) is 0.125. The molecule has 1 aliphatic rings. The lowest BCUT2D eigenvalue weighted by Crippen LogP contribution is -2.52. The van der Waals surface area contributed by atoms with E-state index in [1.165, 1.54) is 6.26 Å². The molecule has 4 rings (SSSR count). The summed E-state index contributed by atoms with van der Waals surface area (Å²) in [4.78, 5) is 30.8.